The summed E-state index contributed by atoms with van der Waals surface area (Å²) in [5.41, 5.74) is 2.43. The standard InChI is InChI=1S/C9H15NO4/c11-5-1-9-13-7-3-10(2-6-12)4-8-14-9/h5,11-12H,2-4,6-8H2. The van der Waals surface area contributed by atoms with Crippen LogP contribution in [0.1, 0.15) is 0 Å². The van der Waals surface area contributed by atoms with E-state index in [1.165, 1.54) is 0 Å². The fourth-order valence-electron chi connectivity index (χ4n) is 1.19. The third kappa shape index (κ3) is 3.70. The van der Waals surface area contributed by atoms with Gasteiger partial charge in [0.05, 0.1) is 6.61 Å². The Bertz CT molecular complexity index is 211. The number of nitrogens with zero attached hydrogens (tertiary/aromatic N) is 1. The molecule has 2 N–H and O–H groups in total. The highest BCUT2D eigenvalue weighted by Crippen LogP contribution is 2.02. The van der Waals surface area contributed by atoms with Gasteiger partial charge in [0.2, 0.25) is 0 Å². The van der Waals surface area contributed by atoms with Gasteiger partial charge < -0.3 is 19.7 Å². The van der Waals surface area contributed by atoms with E-state index in [-0.39, 0.29) is 12.6 Å². The lowest BCUT2D eigenvalue weighted by Crippen LogP contribution is -2.35. The van der Waals surface area contributed by atoms with E-state index < -0.39 is 0 Å². The number of aliphatic hydroxyl groups is 2. The molecule has 5 nitrogen and oxygen atoms in total. The molecule has 0 aliphatic carbocycles. The van der Waals surface area contributed by atoms with Crippen molar-refractivity contribution in [2.45, 2.75) is 0 Å². The van der Waals surface area contributed by atoms with Gasteiger partial charge in [-0.25, -0.2) is 0 Å². The van der Waals surface area contributed by atoms with Crippen LogP contribution in [0.4, 0.5) is 0 Å². The molecule has 5 heteroatoms. The predicted molar refractivity (Wildman–Crippen MR) is 49.7 cm³/mol. The van der Waals surface area contributed by atoms with Crippen molar-refractivity contribution < 1.29 is 19.7 Å². The Labute approximate surface area is 82.8 Å². The largest absolute Gasteiger partial charge is 0.507 e. The van der Waals surface area contributed by atoms with Crippen LogP contribution in [0.5, 0.6) is 0 Å². The lowest BCUT2D eigenvalue weighted by Gasteiger charge is -2.24. The molecule has 0 saturated carbocycles. The molecule has 0 amide bonds. The summed E-state index contributed by atoms with van der Waals surface area (Å²) in [6.07, 6.45) is 0.766. The van der Waals surface area contributed by atoms with E-state index in [4.69, 9.17) is 19.7 Å². The molecule has 0 aromatic rings. The molecule has 1 aliphatic rings. The maximum Gasteiger partial charge on any atom is 0.330 e. The zero-order valence-corrected chi connectivity index (χ0v) is 7.98. The maximum atomic E-state index is 8.74. The van der Waals surface area contributed by atoms with Crippen molar-refractivity contribution in [3.05, 3.63) is 17.9 Å². The van der Waals surface area contributed by atoms with Crippen molar-refractivity contribution in [1.29, 1.82) is 0 Å². The normalized spacial score (nSPS) is 18.5. The predicted octanol–water partition coefficient (Wildman–Crippen LogP) is -0.161. The smallest absolute Gasteiger partial charge is 0.330 e. The molecule has 0 atom stereocenters. The van der Waals surface area contributed by atoms with Gasteiger partial charge in [-0.05, 0) is 0 Å². The number of rotatable bonds is 2. The lowest BCUT2D eigenvalue weighted by molar-refractivity contribution is -0.00776. The monoisotopic (exact) mass is 201 g/mol. The molecule has 80 valence electrons. The van der Waals surface area contributed by atoms with Crippen LogP contribution in [-0.2, 0) is 9.47 Å². The van der Waals surface area contributed by atoms with Crippen LogP contribution in [0.25, 0.3) is 0 Å². The van der Waals surface area contributed by atoms with Crippen molar-refractivity contribution in [3.8, 4) is 0 Å². The van der Waals surface area contributed by atoms with Crippen LogP contribution in [-0.4, -0.2) is 54.6 Å². The van der Waals surface area contributed by atoms with Crippen LogP contribution < -0.4 is 0 Å². The van der Waals surface area contributed by atoms with Crippen molar-refractivity contribution >= 4 is 0 Å². The molecule has 1 saturated heterocycles. The van der Waals surface area contributed by atoms with E-state index in [0.29, 0.717) is 19.8 Å². The summed E-state index contributed by atoms with van der Waals surface area (Å²) < 4.78 is 10.3. The summed E-state index contributed by atoms with van der Waals surface area (Å²) in [4.78, 5) is 2.04. The Morgan fingerprint density at radius 3 is 2.50 bits per heavy atom. The second kappa shape index (κ2) is 6.32. The number of ether oxygens (including phenoxy) is 2. The summed E-state index contributed by atoms with van der Waals surface area (Å²) in [7, 11) is 0. The Morgan fingerprint density at radius 2 is 2.00 bits per heavy atom. The van der Waals surface area contributed by atoms with Gasteiger partial charge >= 0.3 is 5.95 Å². The van der Waals surface area contributed by atoms with Gasteiger partial charge in [0.15, 0.2) is 0 Å². The molecule has 1 rings (SSSR count). The fourth-order valence-corrected chi connectivity index (χ4v) is 1.19. The molecule has 0 aromatic heterocycles. The molecule has 1 fully saturated rings. The molecule has 1 aliphatic heterocycles. The summed E-state index contributed by atoms with van der Waals surface area (Å²) in [6, 6.07) is 0. The van der Waals surface area contributed by atoms with E-state index in [2.05, 4.69) is 5.73 Å². The second-order valence-corrected chi connectivity index (χ2v) is 2.82. The van der Waals surface area contributed by atoms with Crippen LogP contribution in [0.15, 0.2) is 17.9 Å². The summed E-state index contributed by atoms with van der Waals surface area (Å²) in [6.45, 7) is 3.17. The first-order valence-corrected chi connectivity index (χ1v) is 4.55. The fraction of sp³-hybridized carbons (Fsp3) is 0.667. The molecule has 0 radical (unpaired) electrons. The summed E-state index contributed by atoms with van der Waals surface area (Å²) in [5, 5.41) is 17.2. The summed E-state index contributed by atoms with van der Waals surface area (Å²) >= 11 is 0. The number of β-amino-alcohol motifs (C(OH)–C–C–N with tert-alkyl or cyclic N) is 1. The minimum Gasteiger partial charge on any atom is -0.507 e. The van der Waals surface area contributed by atoms with Gasteiger partial charge in [-0.1, -0.05) is 0 Å². The highest BCUT2D eigenvalue weighted by atomic mass is 16.7. The molecule has 0 aromatic carbocycles. The van der Waals surface area contributed by atoms with Gasteiger partial charge in [0.25, 0.3) is 0 Å². The molecule has 0 spiro atoms. The van der Waals surface area contributed by atoms with Crippen molar-refractivity contribution in [1.82, 2.24) is 4.90 Å². The third-order valence-corrected chi connectivity index (χ3v) is 1.88. The minimum absolute atomic E-state index is 0.138. The Hall–Kier alpha value is -1.16. The second-order valence-electron chi connectivity index (χ2n) is 2.82. The Kier molecular flexibility index (Phi) is 4.93. The van der Waals surface area contributed by atoms with Gasteiger partial charge in [0, 0.05) is 25.4 Å². The molecule has 14 heavy (non-hydrogen) atoms. The number of hydrogen-bond donors (Lipinski definition) is 2. The summed E-state index contributed by atoms with van der Waals surface area (Å²) in [5.74, 6) is 0.219. The van der Waals surface area contributed by atoms with E-state index >= 15 is 0 Å². The van der Waals surface area contributed by atoms with Crippen molar-refractivity contribution in [2.75, 3.05) is 39.5 Å². The lowest BCUT2D eigenvalue weighted by atomic mass is 10.4. The molecule has 0 unspecified atom stereocenters. The van der Waals surface area contributed by atoms with Gasteiger partial charge in [-0.2, -0.15) is 0 Å². The first kappa shape index (κ1) is 10.9. The highest BCUT2D eigenvalue weighted by Gasteiger charge is 2.10. The van der Waals surface area contributed by atoms with Gasteiger partial charge in [-0.3, -0.25) is 4.90 Å². The molecule has 1 heterocycles. The molecular weight excluding hydrogens is 186 g/mol. The maximum absolute atomic E-state index is 8.74. The zero-order valence-electron chi connectivity index (χ0n) is 7.98. The SMILES string of the molecule is OC=C=C1OCCN(CCO)CCO1. The van der Waals surface area contributed by atoms with Crippen molar-refractivity contribution in [3.63, 3.8) is 0 Å². The first-order chi connectivity index (χ1) is 6.86. The van der Waals surface area contributed by atoms with E-state index in [1.807, 2.05) is 4.90 Å². The van der Waals surface area contributed by atoms with E-state index in [1.54, 1.807) is 0 Å². The molecular formula is C9H15NO4. The topological polar surface area (TPSA) is 62.2 Å². The van der Waals surface area contributed by atoms with Gasteiger partial charge in [0.1, 0.15) is 19.5 Å². The first-order valence-electron chi connectivity index (χ1n) is 4.55. The van der Waals surface area contributed by atoms with Crippen LogP contribution in [0.3, 0.4) is 0 Å². The highest BCUT2D eigenvalue weighted by molar-refractivity contribution is 4.82. The minimum atomic E-state index is 0.138. The third-order valence-electron chi connectivity index (χ3n) is 1.88. The molecule has 0 bridgehead atoms. The average molecular weight is 201 g/mol. The van der Waals surface area contributed by atoms with Crippen molar-refractivity contribution in [2.24, 2.45) is 0 Å². The van der Waals surface area contributed by atoms with Crippen LogP contribution in [0, 0.1) is 0 Å². The van der Waals surface area contributed by atoms with Crippen LogP contribution in [0.2, 0.25) is 0 Å². The quantitative estimate of drug-likeness (QED) is 0.480. The Morgan fingerprint density at radius 1 is 1.36 bits per heavy atom. The zero-order chi connectivity index (χ0) is 10.2. The van der Waals surface area contributed by atoms with E-state index in [9.17, 15) is 0 Å². The Balaban J connectivity index is 2.39. The number of aliphatic hydroxyl groups excluding tert-OH is 2. The van der Waals surface area contributed by atoms with Crippen LogP contribution >= 0.6 is 0 Å². The average Bonchev–Trinajstić information content (AvgIpc) is 2.13. The van der Waals surface area contributed by atoms with Gasteiger partial charge in [-0.15, -0.1) is 0 Å². The number of hydrogen-bond acceptors (Lipinski definition) is 5. The van der Waals surface area contributed by atoms with E-state index in [0.717, 1.165) is 19.4 Å².